The summed E-state index contributed by atoms with van der Waals surface area (Å²) in [5, 5.41) is 3.66. The smallest absolute Gasteiger partial charge is 0.151 e. The number of rotatable bonds is 7. The first-order valence-electron chi connectivity index (χ1n) is 15.2. The Morgan fingerprint density at radius 2 is 1.76 bits per heavy atom. The van der Waals surface area contributed by atoms with Gasteiger partial charge in [-0.3, -0.25) is 4.90 Å². The summed E-state index contributed by atoms with van der Waals surface area (Å²) in [5.41, 5.74) is 12.1. The van der Waals surface area contributed by atoms with Gasteiger partial charge in [0, 0.05) is 81.2 Å². The first-order valence-corrected chi connectivity index (χ1v) is 16.4. The van der Waals surface area contributed by atoms with E-state index in [2.05, 4.69) is 63.4 Å². The first-order chi connectivity index (χ1) is 20.0. The molecule has 0 spiro atoms. The molecule has 1 aromatic carbocycles. The molecule has 0 amide bonds. The zero-order valence-corrected chi connectivity index (χ0v) is 25.6. The Bertz CT molecular complexity index is 1350. The van der Waals surface area contributed by atoms with Gasteiger partial charge >= 0.3 is 0 Å². The van der Waals surface area contributed by atoms with E-state index in [0.717, 1.165) is 73.7 Å². The lowest BCUT2D eigenvalue weighted by molar-refractivity contribution is 0.0903. The lowest BCUT2D eigenvalue weighted by Gasteiger charge is -2.43. The Hall–Kier alpha value is -2.66. The van der Waals surface area contributed by atoms with E-state index in [1.54, 1.807) is 11.8 Å². The van der Waals surface area contributed by atoms with Crippen molar-refractivity contribution >= 4 is 40.1 Å². The van der Waals surface area contributed by atoms with Gasteiger partial charge in [-0.2, -0.15) is 0 Å². The number of fused-ring (bicyclic) bond motifs is 1. The van der Waals surface area contributed by atoms with Crippen molar-refractivity contribution in [3.8, 4) is 11.1 Å². The monoisotopic (exact) mass is 576 g/mol. The number of aromatic nitrogens is 3. The fourth-order valence-electron chi connectivity index (χ4n) is 6.47. The van der Waals surface area contributed by atoms with Gasteiger partial charge in [0.1, 0.15) is 16.9 Å². The Morgan fingerprint density at radius 3 is 2.46 bits per heavy atom. The molecule has 0 atom stereocenters. The number of ether oxygens (including phenoxy) is 1. The number of nitrogens with two attached hydrogens (primary N) is 1. The standard InChI is InChI=1S/C31H44N8OS/c1-4-25-31(34-22-9-17-40-18-10-22)36-28-24(20-33-30(32)29(28)35-25)21-5-6-26(27(19-21)41-3)39-11-7-23(8-12-39)38-15-13-37(2)14-16-38/h5-6,19-20,22-23H,4,7-18H2,1-3H3,(H2,32,33)(H,34,36). The van der Waals surface area contributed by atoms with Crippen molar-refractivity contribution < 1.29 is 4.74 Å². The molecule has 3 fully saturated rings. The maximum atomic E-state index is 6.34. The van der Waals surface area contributed by atoms with Gasteiger partial charge in [-0.15, -0.1) is 11.8 Å². The van der Waals surface area contributed by atoms with Gasteiger partial charge in [-0.05, 0) is 63.1 Å². The molecule has 3 aliphatic heterocycles. The van der Waals surface area contributed by atoms with Gasteiger partial charge in [0.2, 0.25) is 0 Å². The molecule has 5 heterocycles. The van der Waals surface area contributed by atoms with E-state index in [0.29, 0.717) is 23.4 Å². The maximum absolute atomic E-state index is 6.34. The average molecular weight is 577 g/mol. The van der Waals surface area contributed by atoms with Crippen LogP contribution >= 0.6 is 11.8 Å². The number of hydrogen-bond donors (Lipinski definition) is 2. The lowest BCUT2D eigenvalue weighted by atomic mass is 10.0. The molecule has 3 aromatic rings. The Labute approximate surface area is 248 Å². The van der Waals surface area contributed by atoms with E-state index in [9.17, 15) is 0 Å². The van der Waals surface area contributed by atoms with Gasteiger partial charge in [0.15, 0.2) is 5.82 Å². The number of pyridine rings is 1. The van der Waals surface area contributed by atoms with Gasteiger partial charge in [-0.25, -0.2) is 15.0 Å². The second-order valence-electron chi connectivity index (χ2n) is 11.6. The topological polar surface area (TPSA) is 95.7 Å². The molecular weight excluding hydrogens is 532 g/mol. The van der Waals surface area contributed by atoms with Crippen molar-refractivity contribution in [1.82, 2.24) is 24.8 Å². The zero-order chi connectivity index (χ0) is 28.3. The van der Waals surface area contributed by atoms with Crippen LogP contribution in [0.25, 0.3) is 22.2 Å². The molecule has 0 saturated carbocycles. The summed E-state index contributed by atoms with van der Waals surface area (Å²) >= 11 is 1.81. The number of likely N-dealkylation sites (N-methyl/N-ethyl adjacent to an activating group) is 1. The van der Waals surface area contributed by atoms with E-state index in [1.807, 2.05) is 6.20 Å². The molecule has 0 aliphatic carbocycles. The van der Waals surface area contributed by atoms with Crippen LogP contribution < -0.4 is 16.0 Å². The van der Waals surface area contributed by atoms with Crippen LogP contribution in [0.4, 0.5) is 17.3 Å². The van der Waals surface area contributed by atoms with E-state index >= 15 is 0 Å². The quantitative estimate of drug-likeness (QED) is 0.395. The minimum Gasteiger partial charge on any atom is -0.382 e. The van der Waals surface area contributed by atoms with Crippen LogP contribution in [-0.2, 0) is 11.2 Å². The Balaban J connectivity index is 1.26. The fourth-order valence-corrected chi connectivity index (χ4v) is 7.12. The van der Waals surface area contributed by atoms with E-state index in [-0.39, 0.29) is 0 Å². The fraction of sp³-hybridized carbons (Fsp3) is 0.581. The highest BCUT2D eigenvalue weighted by Gasteiger charge is 2.28. The van der Waals surface area contributed by atoms with Crippen molar-refractivity contribution in [2.75, 3.05) is 81.7 Å². The number of thioether (sulfide) groups is 1. The number of benzene rings is 1. The van der Waals surface area contributed by atoms with Crippen molar-refractivity contribution in [1.29, 1.82) is 0 Å². The molecule has 0 bridgehead atoms. The summed E-state index contributed by atoms with van der Waals surface area (Å²) < 4.78 is 5.56. The van der Waals surface area contributed by atoms with Crippen LogP contribution in [0.2, 0.25) is 0 Å². The number of hydrogen-bond acceptors (Lipinski definition) is 10. The third-order valence-corrected chi connectivity index (χ3v) is 9.81. The minimum atomic E-state index is 0.339. The number of anilines is 3. The summed E-state index contributed by atoms with van der Waals surface area (Å²) in [6.07, 6.45) is 9.20. The summed E-state index contributed by atoms with van der Waals surface area (Å²) in [7, 11) is 2.23. The second kappa shape index (κ2) is 12.7. The largest absolute Gasteiger partial charge is 0.382 e. The van der Waals surface area contributed by atoms with Crippen LogP contribution in [0.3, 0.4) is 0 Å². The molecule has 2 aromatic heterocycles. The summed E-state index contributed by atoms with van der Waals surface area (Å²) in [6, 6.07) is 7.84. The first kappa shape index (κ1) is 28.5. The van der Waals surface area contributed by atoms with Crippen LogP contribution in [0.5, 0.6) is 0 Å². The molecule has 3 saturated heterocycles. The Morgan fingerprint density at radius 1 is 1.00 bits per heavy atom. The van der Waals surface area contributed by atoms with Gasteiger partial charge in [-0.1, -0.05) is 13.0 Å². The van der Waals surface area contributed by atoms with Crippen molar-refractivity contribution in [2.24, 2.45) is 0 Å². The number of piperidine rings is 1. The molecule has 0 radical (unpaired) electrons. The van der Waals surface area contributed by atoms with Crippen LogP contribution in [0.15, 0.2) is 29.3 Å². The lowest BCUT2D eigenvalue weighted by Crippen LogP contribution is -2.52. The summed E-state index contributed by atoms with van der Waals surface area (Å²) in [4.78, 5) is 23.7. The second-order valence-corrected chi connectivity index (χ2v) is 12.4. The van der Waals surface area contributed by atoms with Crippen LogP contribution in [0, 0.1) is 0 Å². The minimum absolute atomic E-state index is 0.339. The molecule has 3 aliphatic rings. The molecule has 41 heavy (non-hydrogen) atoms. The predicted octanol–water partition coefficient (Wildman–Crippen LogP) is 4.37. The highest BCUT2D eigenvalue weighted by molar-refractivity contribution is 7.98. The zero-order valence-electron chi connectivity index (χ0n) is 24.7. The van der Waals surface area contributed by atoms with Gasteiger partial charge in [0.25, 0.3) is 0 Å². The number of nitrogens with one attached hydrogen (secondary N) is 1. The number of nitrogen functional groups attached to an aromatic ring is 1. The van der Waals surface area contributed by atoms with Gasteiger partial charge < -0.3 is 25.6 Å². The summed E-state index contributed by atoms with van der Waals surface area (Å²) in [5.74, 6) is 1.28. The number of aryl methyl sites for hydroxylation is 1. The third kappa shape index (κ3) is 6.11. The van der Waals surface area contributed by atoms with Crippen LogP contribution in [0.1, 0.15) is 38.3 Å². The molecule has 220 valence electrons. The molecule has 3 N–H and O–H groups in total. The summed E-state index contributed by atoms with van der Waals surface area (Å²) in [6.45, 7) is 10.6. The molecular formula is C31H44N8OS. The molecule has 10 heteroatoms. The molecule has 0 unspecified atom stereocenters. The normalized spacial score (nSPS) is 20.1. The van der Waals surface area contributed by atoms with E-state index in [4.69, 9.17) is 20.4 Å². The van der Waals surface area contributed by atoms with Gasteiger partial charge in [0.05, 0.1) is 11.4 Å². The maximum Gasteiger partial charge on any atom is 0.151 e. The molecule has 9 nitrogen and oxygen atoms in total. The van der Waals surface area contributed by atoms with E-state index < -0.39 is 0 Å². The van der Waals surface area contributed by atoms with Crippen molar-refractivity contribution in [3.05, 3.63) is 30.1 Å². The van der Waals surface area contributed by atoms with Crippen LogP contribution in [-0.4, -0.2) is 103 Å². The number of nitrogens with zero attached hydrogens (tertiary/aromatic N) is 6. The highest BCUT2D eigenvalue weighted by Crippen LogP contribution is 2.37. The SMILES string of the molecule is CCc1nc2c(N)ncc(-c3ccc(N4CCC(N5CCN(C)CC5)CC4)c(SC)c3)c2nc1NC1CCOCC1. The third-order valence-electron chi connectivity index (χ3n) is 9.05. The van der Waals surface area contributed by atoms with Crippen molar-refractivity contribution in [3.63, 3.8) is 0 Å². The predicted molar refractivity (Wildman–Crippen MR) is 170 cm³/mol. The molecule has 6 rings (SSSR count). The average Bonchev–Trinajstić information content (AvgIpc) is 3.02. The van der Waals surface area contributed by atoms with E-state index in [1.165, 1.54) is 49.6 Å². The number of piperazine rings is 1. The highest BCUT2D eigenvalue weighted by atomic mass is 32.2. The van der Waals surface area contributed by atoms with Crippen molar-refractivity contribution in [2.45, 2.75) is 56.0 Å². The Kier molecular flexibility index (Phi) is 8.81.